The fourth-order valence-corrected chi connectivity index (χ4v) is 1.40. The molecule has 0 aliphatic heterocycles. The standard InChI is InChI=1S/C9H20N2/c1-3-11(8(2)6-10)7-9-4-5-9/h8-9H,3-7,10H2,1-2H3. The fourth-order valence-electron chi connectivity index (χ4n) is 1.40. The monoisotopic (exact) mass is 156 g/mol. The Hall–Kier alpha value is -0.0800. The second kappa shape index (κ2) is 4.07. The van der Waals surface area contributed by atoms with Crippen molar-refractivity contribution in [2.75, 3.05) is 19.6 Å². The van der Waals surface area contributed by atoms with Gasteiger partial charge in [0.1, 0.15) is 0 Å². The predicted octanol–water partition coefficient (Wildman–Crippen LogP) is 1.07. The Morgan fingerprint density at radius 1 is 1.55 bits per heavy atom. The maximum atomic E-state index is 5.60. The third-order valence-electron chi connectivity index (χ3n) is 2.56. The molecule has 0 aromatic rings. The van der Waals surface area contributed by atoms with E-state index < -0.39 is 0 Å². The maximum Gasteiger partial charge on any atom is 0.0190 e. The number of hydrogen-bond acceptors (Lipinski definition) is 2. The highest BCUT2D eigenvalue weighted by molar-refractivity contribution is 4.79. The first-order valence-electron chi connectivity index (χ1n) is 4.72. The van der Waals surface area contributed by atoms with Crippen molar-refractivity contribution >= 4 is 0 Å². The van der Waals surface area contributed by atoms with Crippen molar-refractivity contribution in [1.29, 1.82) is 0 Å². The van der Waals surface area contributed by atoms with E-state index in [1.54, 1.807) is 0 Å². The van der Waals surface area contributed by atoms with Gasteiger partial charge in [-0.1, -0.05) is 6.92 Å². The van der Waals surface area contributed by atoms with Crippen LogP contribution in [0.4, 0.5) is 0 Å². The van der Waals surface area contributed by atoms with Crippen molar-refractivity contribution in [2.45, 2.75) is 32.7 Å². The summed E-state index contributed by atoms with van der Waals surface area (Å²) in [5.74, 6) is 0.990. The van der Waals surface area contributed by atoms with E-state index in [-0.39, 0.29) is 0 Å². The van der Waals surface area contributed by atoms with Crippen LogP contribution in [-0.4, -0.2) is 30.6 Å². The van der Waals surface area contributed by atoms with Crippen LogP contribution in [0.5, 0.6) is 0 Å². The average molecular weight is 156 g/mol. The SMILES string of the molecule is CCN(CC1CC1)C(C)CN. The van der Waals surface area contributed by atoms with Crippen molar-refractivity contribution < 1.29 is 0 Å². The lowest BCUT2D eigenvalue weighted by molar-refractivity contribution is 0.215. The third-order valence-corrected chi connectivity index (χ3v) is 2.56. The molecular weight excluding hydrogens is 136 g/mol. The lowest BCUT2D eigenvalue weighted by Crippen LogP contribution is -2.39. The smallest absolute Gasteiger partial charge is 0.0190 e. The molecule has 66 valence electrons. The van der Waals surface area contributed by atoms with Gasteiger partial charge in [-0.15, -0.1) is 0 Å². The zero-order valence-electron chi connectivity index (χ0n) is 7.71. The van der Waals surface area contributed by atoms with Gasteiger partial charge in [-0.2, -0.15) is 0 Å². The zero-order valence-corrected chi connectivity index (χ0v) is 7.71. The molecule has 1 aliphatic carbocycles. The van der Waals surface area contributed by atoms with E-state index in [2.05, 4.69) is 18.7 Å². The fraction of sp³-hybridized carbons (Fsp3) is 1.00. The summed E-state index contributed by atoms with van der Waals surface area (Å²) in [4.78, 5) is 2.48. The Balaban J connectivity index is 2.21. The van der Waals surface area contributed by atoms with Gasteiger partial charge in [-0.25, -0.2) is 0 Å². The van der Waals surface area contributed by atoms with E-state index in [0.29, 0.717) is 6.04 Å². The molecule has 0 aromatic carbocycles. The Morgan fingerprint density at radius 2 is 2.18 bits per heavy atom. The van der Waals surface area contributed by atoms with Crippen molar-refractivity contribution in [3.63, 3.8) is 0 Å². The summed E-state index contributed by atoms with van der Waals surface area (Å²) < 4.78 is 0. The summed E-state index contributed by atoms with van der Waals surface area (Å²) in [6.45, 7) is 7.64. The van der Waals surface area contributed by atoms with Crippen LogP contribution in [0.15, 0.2) is 0 Å². The van der Waals surface area contributed by atoms with Crippen LogP contribution in [0.1, 0.15) is 26.7 Å². The van der Waals surface area contributed by atoms with Gasteiger partial charge < -0.3 is 5.73 Å². The molecule has 1 saturated carbocycles. The van der Waals surface area contributed by atoms with Gasteiger partial charge in [-0.05, 0) is 32.2 Å². The van der Waals surface area contributed by atoms with Crippen LogP contribution in [0.2, 0.25) is 0 Å². The molecule has 0 heterocycles. The molecule has 1 aliphatic rings. The van der Waals surface area contributed by atoms with E-state index in [1.165, 1.54) is 19.4 Å². The average Bonchev–Trinajstić information content (AvgIpc) is 2.82. The molecule has 0 aromatic heterocycles. The molecule has 11 heavy (non-hydrogen) atoms. The molecule has 0 bridgehead atoms. The van der Waals surface area contributed by atoms with E-state index in [0.717, 1.165) is 19.0 Å². The first kappa shape index (κ1) is 9.01. The Morgan fingerprint density at radius 3 is 2.55 bits per heavy atom. The van der Waals surface area contributed by atoms with Crippen molar-refractivity contribution in [1.82, 2.24) is 4.90 Å². The Labute approximate surface area is 69.8 Å². The number of nitrogens with two attached hydrogens (primary N) is 1. The highest BCUT2D eigenvalue weighted by Crippen LogP contribution is 2.29. The predicted molar refractivity (Wildman–Crippen MR) is 48.5 cm³/mol. The van der Waals surface area contributed by atoms with E-state index in [4.69, 9.17) is 5.73 Å². The van der Waals surface area contributed by atoms with Gasteiger partial charge in [0.05, 0.1) is 0 Å². The van der Waals surface area contributed by atoms with Crippen LogP contribution in [0.25, 0.3) is 0 Å². The first-order valence-corrected chi connectivity index (χ1v) is 4.72. The van der Waals surface area contributed by atoms with E-state index in [1.807, 2.05) is 0 Å². The molecule has 1 fully saturated rings. The van der Waals surface area contributed by atoms with Crippen molar-refractivity contribution in [2.24, 2.45) is 11.7 Å². The third kappa shape index (κ3) is 2.80. The highest BCUT2D eigenvalue weighted by atomic mass is 15.2. The summed E-state index contributed by atoms with van der Waals surface area (Å²) >= 11 is 0. The minimum atomic E-state index is 0.570. The second-order valence-electron chi connectivity index (χ2n) is 3.62. The summed E-state index contributed by atoms with van der Waals surface area (Å²) in [7, 11) is 0. The van der Waals surface area contributed by atoms with Gasteiger partial charge in [0.2, 0.25) is 0 Å². The van der Waals surface area contributed by atoms with Gasteiger partial charge in [0.15, 0.2) is 0 Å². The topological polar surface area (TPSA) is 29.3 Å². The van der Waals surface area contributed by atoms with Crippen molar-refractivity contribution in [3.8, 4) is 0 Å². The molecule has 1 rings (SSSR count). The van der Waals surface area contributed by atoms with E-state index in [9.17, 15) is 0 Å². The molecule has 0 amide bonds. The number of hydrogen-bond donors (Lipinski definition) is 1. The highest BCUT2D eigenvalue weighted by Gasteiger charge is 2.25. The molecule has 1 unspecified atom stereocenters. The molecule has 0 saturated heterocycles. The summed E-state index contributed by atoms with van der Waals surface area (Å²) in [6.07, 6.45) is 2.88. The van der Waals surface area contributed by atoms with Gasteiger partial charge in [0.25, 0.3) is 0 Å². The maximum absolute atomic E-state index is 5.60. The Bertz CT molecular complexity index is 110. The molecule has 0 radical (unpaired) electrons. The lowest BCUT2D eigenvalue weighted by atomic mass is 10.2. The first-order chi connectivity index (χ1) is 5.27. The molecule has 2 nitrogen and oxygen atoms in total. The molecule has 1 atom stereocenters. The van der Waals surface area contributed by atoms with Crippen LogP contribution in [-0.2, 0) is 0 Å². The molecule has 0 spiro atoms. The van der Waals surface area contributed by atoms with Gasteiger partial charge in [-0.3, -0.25) is 4.90 Å². The quantitative estimate of drug-likeness (QED) is 0.645. The van der Waals surface area contributed by atoms with E-state index >= 15 is 0 Å². The van der Waals surface area contributed by atoms with Gasteiger partial charge >= 0.3 is 0 Å². The molecular formula is C9H20N2. The summed E-state index contributed by atoms with van der Waals surface area (Å²) in [6, 6.07) is 0.570. The summed E-state index contributed by atoms with van der Waals surface area (Å²) in [5.41, 5.74) is 5.60. The van der Waals surface area contributed by atoms with Gasteiger partial charge in [0, 0.05) is 19.1 Å². The zero-order chi connectivity index (χ0) is 8.27. The van der Waals surface area contributed by atoms with Crippen molar-refractivity contribution in [3.05, 3.63) is 0 Å². The number of rotatable bonds is 5. The molecule has 2 N–H and O–H groups in total. The molecule has 2 heteroatoms. The number of nitrogens with zero attached hydrogens (tertiary/aromatic N) is 1. The largest absolute Gasteiger partial charge is 0.329 e. The minimum Gasteiger partial charge on any atom is -0.329 e. The lowest BCUT2D eigenvalue weighted by Gasteiger charge is -2.26. The Kier molecular flexibility index (Phi) is 3.34. The van der Waals surface area contributed by atoms with Crippen LogP contribution in [0.3, 0.4) is 0 Å². The van der Waals surface area contributed by atoms with Crippen LogP contribution in [0, 0.1) is 5.92 Å². The number of likely N-dealkylation sites (N-methyl/N-ethyl adjacent to an activating group) is 1. The normalized spacial score (nSPS) is 20.7. The minimum absolute atomic E-state index is 0.570. The van der Waals surface area contributed by atoms with Crippen LogP contribution < -0.4 is 5.73 Å². The van der Waals surface area contributed by atoms with Crippen LogP contribution >= 0.6 is 0 Å². The second-order valence-corrected chi connectivity index (χ2v) is 3.62. The summed E-state index contributed by atoms with van der Waals surface area (Å²) in [5, 5.41) is 0.